The first-order valence-electron chi connectivity index (χ1n) is 9.58. The van der Waals surface area contributed by atoms with Crippen molar-refractivity contribution in [3.63, 3.8) is 0 Å². The molecule has 0 aliphatic heterocycles. The number of para-hydroxylation sites is 1. The normalized spacial score (nSPS) is 11.9. The number of fused-ring (bicyclic) bond motifs is 1. The minimum atomic E-state index is 0.0388. The number of rotatable bonds is 6. The molecule has 2 heteroatoms. The van der Waals surface area contributed by atoms with Crippen LogP contribution >= 0.6 is 0 Å². The molecule has 0 bridgehead atoms. The highest BCUT2D eigenvalue weighted by Gasteiger charge is 2.21. The summed E-state index contributed by atoms with van der Waals surface area (Å²) in [4.78, 5) is 13.2. The standard InChI is InChI=1S/C24H27NO/c1-4-6-13-19(12-5-2)23-18(3)25(22-17-11-10-16-21(22)23)24(26)20-14-8-7-9-15-20/h7-11,13-17H,4-6,12H2,1-3H3/b19-13+. The summed E-state index contributed by atoms with van der Waals surface area (Å²) in [5.41, 5.74) is 5.35. The van der Waals surface area contributed by atoms with E-state index in [0.29, 0.717) is 0 Å². The Morgan fingerprint density at radius 3 is 2.35 bits per heavy atom. The van der Waals surface area contributed by atoms with Gasteiger partial charge in [0, 0.05) is 22.2 Å². The van der Waals surface area contributed by atoms with Gasteiger partial charge in [0.15, 0.2) is 0 Å². The van der Waals surface area contributed by atoms with Crippen molar-refractivity contribution < 1.29 is 4.79 Å². The van der Waals surface area contributed by atoms with Gasteiger partial charge in [0.05, 0.1) is 5.52 Å². The van der Waals surface area contributed by atoms with Gasteiger partial charge in [-0.2, -0.15) is 0 Å². The Kier molecular flexibility index (Phi) is 5.72. The van der Waals surface area contributed by atoms with Crippen LogP contribution in [0, 0.1) is 6.92 Å². The quantitative estimate of drug-likeness (QED) is 0.492. The van der Waals surface area contributed by atoms with Crippen LogP contribution in [0.5, 0.6) is 0 Å². The van der Waals surface area contributed by atoms with Crippen molar-refractivity contribution >= 4 is 22.4 Å². The Hall–Kier alpha value is -2.61. The number of unbranched alkanes of at least 4 members (excludes halogenated alkanes) is 1. The molecule has 0 saturated heterocycles. The molecule has 0 unspecified atom stereocenters. The zero-order valence-electron chi connectivity index (χ0n) is 16.0. The lowest BCUT2D eigenvalue weighted by Gasteiger charge is -2.10. The lowest BCUT2D eigenvalue weighted by Crippen LogP contribution is -2.13. The third kappa shape index (κ3) is 3.37. The molecule has 3 aromatic rings. The Morgan fingerprint density at radius 1 is 0.962 bits per heavy atom. The van der Waals surface area contributed by atoms with Crippen molar-refractivity contribution in [3.8, 4) is 0 Å². The van der Waals surface area contributed by atoms with Crippen LogP contribution in [0.15, 0.2) is 60.7 Å². The molecule has 0 spiro atoms. The summed E-state index contributed by atoms with van der Waals surface area (Å²) in [6.45, 7) is 6.49. The fourth-order valence-electron chi connectivity index (χ4n) is 3.66. The van der Waals surface area contributed by atoms with Crippen molar-refractivity contribution in [1.82, 2.24) is 4.57 Å². The maximum Gasteiger partial charge on any atom is 0.262 e. The van der Waals surface area contributed by atoms with Crippen LogP contribution in [0.1, 0.15) is 61.1 Å². The predicted octanol–water partition coefficient (Wildman–Crippen LogP) is 6.62. The lowest BCUT2D eigenvalue weighted by molar-refractivity contribution is 0.0963. The fourth-order valence-corrected chi connectivity index (χ4v) is 3.66. The Morgan fingerprint density at radius 2 is 1.65 bits per heavy atom. The maximum absolute atomic E-state index is 13.2. The number of nitrogens with zero attached hydrogens (tertiary/aromatic N) is 1. The molecule has 26 heavy (non-hydrogen) atoms. The number of hydrogen-bond donors (Lipinski definition) is 0. The number of hydrogen-bond acceptors (Lipinski definition) is 1. The second kappa shape index (κ2) is 8.18. The highest BCUT2D eigenvalue weighted by atomic mass is 16.2. The molecular formula is C24H27NO. The van der Waals surface area contributed by atoms with Gasteiger partial charge in [-0.25, -0.2) is 0 Å². The number of carbonyl (C=O) groups is 1. The summed E-state index contributed by atoms with van der Waals surface area (Å²) in [6.07, 6.45) is 6.69. The first-order valence-corrected chi connectivity index (χ1v) is 9.58. The van der Waals surface area contributed by atoms with Gasteiger partial charge in [-0.15, -0.1) is 0 Å². The van der Waals surface area contributed by atoms with Crippen LogP contribution in [0.2, 0.25) is 0 Å². The molecule has 0 atom stereocenters. The Bertz CT molecular complexity index is 932. The molecule has 0 amide bonds. The van der Waals surface area contributed by atoms with Gasteiger partial charge in [-0.05, 0) is 43.5 Å². The van der Waals surface area contributed by atoms with E-state index in [1.165, 1.54) is 16.5 Å². The lowest BCUT2D eigenvalue weighted by atomic mass is 9.97. The molecule has 0 fully saturated rings. The van der Waals surface area contributed by atoms with Crippen molar-refractivity contribution in [2.45, 2.75) is 46.5 Å². The SMILES string of the molecule is CCC/C=C(\CCC)c1c(C)n(C(=O)c2ccccc2)c2ccccc12. The van der Waals surface area contributed by atoms with E-state index in [9.17, 15) is 4.79 Å². The minimum absolute atomic E-state index is 0.0388. The van der Waals surface area contributed by atoms with E-state index in [0.717, 1.165) is 42.5 Å². The van der Waals surface area contributed by atoms with Gasteiger partial charge in [-0.1, -0.05) is 69.2 Å². The van der Waals surface area contributed by atoms with E-state index in [-0.39, 0.29) is 5.91 Å². The molecule has 0 N–H and O–H groups in total. The van der Waals surface area contributed by atoms with E-state index in [2.05, 4.69) is 45.0 Å². The van der Waals surface area contributed by atoms with E-state index < -0.39 is 0 Å². The number of aromatic nitrogens is 1. The largest absolute Gasteiger partial charge is 0.280 e. The van der Waals surface area contributed by atoms with E-state index in [1.807, 2.05) is 41.0 Å². The fraction of sp³-hybridized carbons (Fsp3) is 0.292. The monoisotopic (exact) mass is 345 g/mol. The summed E-state index contributed by atoms with van der Waals surface area (Å²) in [7, 11) is 0. The minimum Gasteiger partial charge on any atom is -0.280 e. The van der Waals surface area contributed by atoms with Crippen molar-refractivity contribution in [2.24, 2.45) is 0 Å². The van der Waals surface area contributed by atoms with Crippen LogP contribution in [0.4, 0.5) is 0 Å². The molecule has 0 radical (unpaired) electrons. The van der Waals surface area contributed by atoms with Gasteiger partial charge in [0.1, 0.15) is 0 Å². The average Bonchev–Trinajstić information content (AvgIpc) is 2.97. The summed E-state index contributed by atoms with van der Waals surface area (Å²) in [5, 5.41) is 1.17. The van der Waals surface area contributed by atoms with Crippen LogP contribution < -0.4 is 0 Å². The molecule has 0 saturated carbocycles. The van der Waals surface area contributed by atoms with Gasteiger partial charge < -0.3 is 0 Å². The summed E-state index contributed by atoms with van der Waals surface area (Å²) in [5.74, 6) is 0.0388. The van der Waals surface area contributed by atoms with E-state index in [4.69, 9.17) is 0 Å². The Balaban J connectivity index is 2.23. The smallest absolute Gasteiger partial charge is 0.262 e. The second-order valence-electron chi connectivity index (χ2n) is 6.75. The zero-order chi connectivity index (χ0) is 18.5. The maximum atomic E-state index is 13.2. The second-order valence-corrected chi connectivity index (χ2v) is 6.75. The molecule has 3 rings (SSSR count). The van der Waals surface area contributed by atoms with Crippen molar-refractivity contribution in [3.05, 3.63) is 77.5 Å². The van der Waals surface area contributed by atoms with Gasteiger partial charge in [0.2, 0.25) is 0 Å². The van der Waals surface area contributed by atoms with Gasteiger partial charge in [0.25, 0.3) is 5.91 Å². The molecule has 1 aromatic heterocycles. The predicted molar refractivity (Wildman–Crippen MR) is 111 cm³/mol. The molecule has 1 heterocycles. The summed E-state index contributed by atoms with van der Waals surface area (Å²) in [6, 6.07) is 17.8. The first kappa shape index (κ1) is 18.2. The number of carbonyl (C=O) groups excluding carboxylic acids is 1. The molecule has 134 valence electrons. The molecule has 2 aromatic carbocycles. The third-order valence-corrected chi connectivity index (χ3v) is 4.86. The van der Waals surface area contributed by atoms with E-state index in [1.54, 1.807) is 0 Å². The van der Waals surface area contributed by atoms with Gasteiger partial charge >= 0.3 is 0 Å². The van der Waals surface area contributed by atoms with Gasteiger partial charge in [-0.3, -0.25) is 9.36 Å². The zero-order valence-corrected chi connectivity index (χ0v) is 16.0. The highest BCUT2D eigenvalue weighted by Crippen LogP contribution is 2.34. The Labute approximate surface area is 156 Å². The number of benzene rings is 2. The molecule has 2 nitrogen and oxygen atoms in total. The average molecular weight is 345 g/mol. The van der Waals surface area contributed by atoms with Crippen LogP contribution in [-0.4, -0.2) is 10.5 Å². The molecule has 0 aliphatic rings. The molecule has 0 aliphatic carbocycles. The summed E-state index contributed by atoms with van der Waals surface area (Å²) < 4.78 is 1.88. The number of allylic oxidation sites excluding steroid dienone is 2. The first-order chi connectivity index (χ1) is 12.7. The van der Waals surface area contributed by atoms with Crippen LogP contribution in [0.25, 0.3) is 16.5 Å². The van der Waals surface area contributed by atoms with Crippen molar-refractivity contribution in [1.29, 1.82) is 0 Å². The summed E-state index contributed by atoms with van der Waals surface area (Å²) >= 11 is 0. The molecular weight excluding hydrogens is 318 g/mol. The van der Waals surface area contributed by atoms with E-state index >= 15 is 0 Å². The van der Waals surface area contributed by atoms with Crippen LogP contribution in [-0.2, 0) is 0 Å². The highest BCUT2D eigenvalue weighted by molar-refractivity contribution is 6.06. The topological polar surface area (TPSA) is 22.0 Å². The van der Waals surface area contributed by atoms with Crippen molar-refractivity contribution in [2.75, 3.05) is 0 Å². The third-order valence-electron chi connectivity index (χ3n) is 4.86. The van der Waals surface area contributed by atoms with Crippen LogP contribution in [0.3, 0.4) is 0 Å².